The molecule has 0 aliphatic carbocycles. The summed E-state index contributed by atoms with van der Waals surface area (Å²) in [6.45, 7) is 5.45. The fraction of sp³-hybridized carbons (Fsp3) is 0.800. The first kappa shape index (κ1) is 10.6. The van der Waals surface area contributed by atoms with Crippen LogP contribution in [0, 0.1) is 12.8 Å². The van der Waals surface area contributed by atoms with Gasteiger partial charge in [-0.2, -0.15) is 0 Å². The minimum atomic E-state index is 0.509. The fourth-order valence-electron chi connectivity index (χ4n) is 1.76. The van der Waals surface area contributed by atoms with Gasteiger partial charge in [0.05, 0.1) is 6.61 Å². The molecule has 1 aromatic heterocycles. The van der Waals surface area contributed by atoms with Crippen LogP contribution < -0.4 is 5.32 Å². The largest absolute Gasteiger partial charge is 0.375 e. The summed E-state index contributed by atoms with van der Waals surface area (Å²) >= 11 is 0. The van der Waals surface area contributed by atoms with E-state index in [2.05, 4.69) is 20.3 Å². The Morgan fingerprint density at radius 2 is 2.47 bits per heavy atom. The van der Waals surface area contributed by atoms with Crippen LogP contribution in [0.4, 0.5) is 0 Å². The molecule has 1 fully saturated rings. The molecule has 0 amide bonds. The summed E-state index contributed by atoms with van der Waals surface area (Å²) in [5, 5.41) is 10.8. The SMILES string of the molecule is Cc1nonc1COCCC1CCNC1. The van der Waals surface area contributed by atoms with E-state index in [0.717, 1.165) is 43.4 Å². The molecule has 2 rings (SSSR count). The number of aryl methyl sites for hydroxylation is 1. The number of nitrogens with one attached hydrogen (secondary N) is 1. The molecule has 1 unspecified atom stereocenters. The van der Waals surface area contributed by atoms with Gasteiger partial charge in [0.25, 0.3) is 0 Å². The number of ether oxygens (including phenoxy) is 1. The van der Waals surface area contributed by atoms with Crippen molar-refractivity contribution in [3.63, 3.8) is 0 Å². The molecule has 0 radical (unpaired) electrons. The third-order valence-corrected chi connectivity index (χ3v) is 2.82. The highest BCUT2D eigenvalue weighted by Crippen LogP contribution is 2.12. The van der Waals surface area contributed by atoms with Crippen molar-refractivity contribution in [2.75, 3.05) is 19.7 Å². The van der Waals surface area contributed by atoms with Gasteiger partial charge >= 0.3 is 0 Å². The van der Waals surface area contributed by atoms with Gasteiger partial charge in [0.2, 0.25) is 0 Å². The van der Waals surface area contributed by atoms with E-state index in [-0.39, 0.29) is 0 Å². The van der Waals surface area contributed by atoms with Crippen LogP contribution in [0.15, 0.2) is 4.63 Å². The van der Waals surface area contributed by atoms with E-state index in [9.17, 15) is 0 Å². The molecule has 5 heteroatoms. The van der Waals surface area contributed by atoms with Crippen molar-refractivity contribution in [1.82, 2.24) is 15.6 Å². The lowest BCUT2D eigenvalue weighted by atomic mass is 10.1. The van der Waals surface area contributed by atoms with Gasteiger partial charge in [0.15, 0.2) is 0 Å². The normalized spacial score (nSPS) is 21.0. The van der Waals surface area contributed by atoms with E-state index >= 15 is 0 Å². The molecule has 1 aromatic rings. The fourth-order valence-corrected chi connectivity index (χ4v) is 1.76. The van der Waals surface area contributed by atoms with E-state index in [1.54, 1.807) is 0 Å². The van der Waals surface area contributed by atoms with Crippen molar-refractivity contribution in [1.29, 1.82) is 0 Å². The maximum Gasteiger partial charge on any atom is 0.133 e. The smallest absolute Gasteiger partial charge is 0.133 e. The molecule has 15 heavy (non-hydrogen) atoms. The Morgan fingerprint density at radius 3 is 3.13 bits per heavy atom. The van der Waals surface area contributed by atoms with E-state index in [4.69, 9.17) is 4.74 Å². The number of nitrogens with zero attached hydrogens (tertiary/aromatic N) is 2. The second-order valence-corrected chi connectivity index (χ2v) is 4.00. The molecule has 0 bridgehead atoms. The lowest BCUT2D eigenvalue weighted by Crippen LogP contribution is -2.10. The maximum absolute atomic E-state index is 5.53. The molecule has 0 aromatic carbocycles. The maximum atomic E-state index is 5.53. The lowest BCUT2D eigenvalue weighted by Gasteiger charge is -2.07. The quantitative estimate of drug-likeness (QED) is 0.733. The minimum absolute atomic E-state index is 0.509. The van der Waals surface area contributed by atoms with Gasteiger partial charge in [-0.1, -0.05) is 10.3 Å². The van der Waals surface area contributed by atoms with Gasteiger partial charge in [0, 0.05) is 6.61 Å². The van der Waals surface area contributed by atoms with Gasteiger partial charge in [-0.05, 0) is 38.8 Å². The first-order chi connectivity index (χ1) is 7.36. The van der Waals surface area contributed by atoms with Crippen LogP contribution in [0.1, 0.15) is 24.2 Å². The zero-order valence-electron chi connectivity index (χ0n) is 9.03. The van der Waals surface area contributed by atoms with Crippen molar-refractivity contribution in [3.05, 3.63) is 11.4 Å². The molecule has 84 valence electrons. The second-order valence-electron chi connectivity index (χ2n) is 4.00. The lowest BCUT2D eigenvalue weighted by molar-refractivity contribution is 0.104. The predicted molar refractivity (Wildman–Crippen MR) is 54.3 cm³/mol. The van der Waals surface area contributed by atoms with E-state index in [1.165, 1.54) is 6.42 Å². The Kier molecular flexibility index (Phi) is 3.69. The number of hydrogen-bond donors (Lipinski definition) is 1. The molecule has 1 atom stereocenters. The van der Waals surface area contributed by atoms with E-state index in [1.807, 2.05) is 6.92 Å². The Hall–Kier alpha value is -0.940. The molecule has 0 saturated carbocycles. The van der Waals surface area contributed by atoms with Crippen LogP contribution in [0.3, 0.4) is 0 Å². The molecule has 1 N–H and O–H groups in total. The molecule has 1 saturated heterocycles. The monoisotopic (exact) mass is 211 g/mol. The zero-order valence-corrected chi connectivity index (χ0v) is 9.03. The van der Waals surface area contributed by atoms with Crippen molar-refractivity contribution < 1.29 is 9.37 Å². The van der Waals surface area contributed by atoms with E-state index in [0.29, 0.717) is 6.61 Å². The van der Waals surface area contributed by atoms with Crippen LogP contribution in [0.5, 0.6) is 0 Å². The summed E-state index contributed by atoms with van der Waals surface area (Å²) in [4.78, 5) is 0. The second kappa shape index (κ2) is 5.23. The average Bonchev–Trinajstić information content (AvgIpc) is 2.85. The summed E-state index contributed by atoms with van der Waals surface area (Å²) < 4.78 is 10.1. The molecule has 5 nitrogen and oxygen atoms in total. The molecular formula is C10H17N3O2. The highest BCUT2D eigenvalue weighted by molar-refractivity contribution is 5.02. The van der Waals surface area contributed by atoms with Crippen molar-refractivity contribution in [2.24, 2.45) is 5.92 Å². The Bertz CT molecular complexity index is 295. The first-order valence-corrected chi connectivity index (χ1v) is 5.43. The molecule has 2 heterocycles. The van der Waals surface area contributed by atoms with Crippen LogP contribution in [-0.2, 0) is 11.3 Å². The summed E-state index contributed by atoms with van der Waals surface area (Å²) in [6, 6.07) is 0. The summed E-state index contributed by atoms with van der Waals surface area (Å²) in [7, 11) is 0. The minimum Gasteiger partial charge on any atom is -0.375 e. The summed E-state index contributed by atoms with van der Waals surface area (Å²) in [5.41, 5.74) is 1.62. The first-order valence-electron chi connectivity index (χ1n) is 5.43. The number of hydrogen-bond acceptors (Lipinski definition) is 5. The molecular weight excluding hydrogens is 194 g/mol. The Balaban J connectivity index is 1.60. The van der Waals surface area contributed by atoms with Crippen molar-refractivity contribution in [3.8, 4) is 0 Å². The zero-order chi connectivity index (χ0) is 10.5. The highest BCUT2D eigenvalue weighted by Gasteiger charge is 2.14. The molecule has 0 spiro atoms. The van der Waals surface area contributed by atoms with Gasteiger partial charge < -0.3 is 10.1 Å². The standard InChI is InChI=1S/C10H17N3O2/c1-8-10(13-15-12-8)7-14-5-3-9-2-4-11-6-9/h9,11H,2-7H2,1H3. The molecule has 1 aliphatic heterocycles. The summed E-state index contributed by atoms with van der Waals surface area (Å²) in [5.74, 6) is 0.779. The molecule has 1 aliphatic rings. The Labute approximate surface area is 89.1 Å². The van der Waals surface area contributed by atoms with Crippen LogP contribution >= 0.6 is 0 Å². The van der Waals surface area contributed by atoms with Crippen LogP contribution in [0.25, 0.3) is 0 Å². The Morgan fingerprint density at radius 1 is 1.53 bits per heavy atom. The van der Waals surface area contributed by atoms with Gasteiger partial charge in [-0.3, -0.25) is 0 Å². The van der Waals surface area contributed by atoms with Gasteiger partial charge in [-0.15, -0.1) is 0 Å². The van der Waals surface area contributed by atoms with Crippen molar-refractivity contribution in [2.45, 2.75) is 26.4 Å². The number of aromatic nitrogens is 2. The topological polar surface area (TPSA) is 60.2 Å². The van der Waals surface area contributed by atoms with E-state index < -0.39 is 0 Å². The number of rotatable bonds is 5. The highest BCUT2D eigenvalue weighted by atomic mass is 16.6. The summed E-state index contributed by atoms with van der Waals surface area (Å²) in [6.07, 6.45) is 2.39. The average molecular weight is 211 g/mol. The van der Waals surface area contributed by atoms with Crippen LogP contribution in [-0.4, -0.2) is 30.0 Å². The third-order valence-electron chi connectivity index (χ3n) is 2.82. The van der Waals surface area contributed by atoms with Crippen LogP contribution in [0.2, 0.25) is 0 Å². The third kappa shape index (κ3) is 3.00. The van der Waals surface area contributed by atoms with Gasteiger partial charge in [-0.25, -0.2) is 4.63 Å². The predicted octanol–water partition coefficient (Wildman–Crippen LogP) is 0.894. The van der Waals surface area contributed by atoms with Gasteiger partial charge in [0.1, 0.15) is 11.4 Å². The van der Waals surface area contributed by atoms with Crippen molar-refractivity contribution >= 4 is 0 Å².